The Morgan fingerprint density at radius 3 is 2.71 bits per heavy atom. The molecule has 0 saturated carbocycles. The zero-order valence-electron chi connectivity index (χ0n) is 12.1. The number of rotatable bonds is 4. The summed E-state index contributed by atoms with van der Waals surface area (Å²) in [5.74, 6) is 0. The monoisotopic (exact) mass is 316 g/mol. The maximum atomic E-state index is 6.04. The van der Waals surface area contributed by atoms with Gasteiger partial charge in [0.25, 0.3) is 0 Å². The third-order valence-electron chi connectivity index (χ3n) is 3.28. The lowest BCUT2D eigenvalue weighted by Gasteiger charge is -2.13. The van der Waals surface area contributed by atoms with Crippen LogP contribution in [-0.2, 0) is 6.54 Å². The summed E-state index contributed by atoms with van der Waals surface area (Å²) in [7, 11) is 4.18. The number of H-pyrrole nitrogens is 1. The molecular formula is C17H17ClN2S. The summed E-state index contributed by atoms with van der Waals surface area (Å²) in [6.07, 6.45) is 2.05. The zero-order valence-corrected chi connectivity index (χ0v) is 13.6. The highest BCUT2D eigenvalue weighted by Crippen LogP contribution is 2.36. The molecule has 0 spiro atoms. The van der Waals surface area contributed by atoms with Crippen LogP contribution in [0.2, 0.25) is 5.02 Å². The van der Waals surface area contributed by atoms with Crippen LogP contribution in [0, 0.1) is 0 Å². The molecule has 2 aromatic carbocycles. The van der Waals surface area contributed by atoms with E-state index in [1.165, 1.54) is 20.7 Å². The van der Waals surface area contributed by atoms with Gasteiger partial charge in [-0.25, -0.2) is 0 Å². The molecule has 3 aromatic rings. The molecule has 0 saturated heterocycles. The number of aromatic amines is 1. The first kappa shape index (κ1) is 14.5. The highest BCUT2D eigenvalue weighted by atomic mass is 35.5. The van der Waals surface area contributed by atoms with Crippen molar-refractivity contribution in [1.29, 1.82) is 0 Å². The van der Waals surface area contributed by atoms with Gasteiger partial charge in [0.2, 0.25) is 0 Å². The Morgan fingerprint density at radius 2 is 1.90 bits per heavy atom. The van der Waals surface area contributed by atoms with Crippen LogP contribution in [0.15, 0.2) is 58.5 Å². The van der Waals surface area contributed by atoms with Gasteiger partial charge in [-0.3, -0.25) is 0 Å². The number of benzene rings is 2. The molecule has 3 rings (SSSR count). The van der Waals surface area contributed by atoms with Gasteiger partial charge in [-0.05, 0) is 37.9 Å². The molecule has 0 atom stereocenters. The van der Waals surface area contributed by atoms with E-state index < -0.39 is 0 Å². The van der Waals surface area contributed by atoms with Crippen LogP contribution in [0.3, 0.4) is 0 Å². The minimum atomic E-state index is 0.758. The number of nitrogens with one attached hydrogen (secondary N) is 1. The molecule has 4 heteroatoms. The van der Waals surface area contributed by atoms with E-state index in [1.807, 2.05) is 12.1 Å². The van der Waals surface area contributed by atoms with Crippen molar-refractivity contribution in [3.8, 4) is 0 Å². The summed E-state index contributed by atoms with van der Waals surface area (Å²) < 4.78 is 0. The maximum Gasteiger partial charge on any atom is 0.0480 e. The lowest BCUT2D eigenvalue weighted by molar-refractivity contribution is 0.399. The number of hydrogen-bond donors (Lipinski definition) is 1. The normalized spacial score (nSPS) is 11.4. The van der Waals surface area contributed by atoms with Crippen molar-refractivity contribution >= 4 is 34.3 Å². The topological polar surface area (TPSA) is 19.0 Å². The van der Waals surface area contributed by atoms with Crippen molar-refractivity contribution in [1.82, 2.24) is 9.88 Å². The first-order valence-corrected chi connectivity index (χ1v) is 8.00. The summed E-state index contributed by atoms with van der Waals surface area (Å²) in [6.45, 7) is 0.942. The van der Waals surface area contributed by atoms with E-state index in [-0.39, 0.29) is 0 Å². The Kier molecular flexibility index (Phi) is 4.24. The minimum absolute atomic E-state index is 0.758. The van der Waals surface area contributed by atoms with Crippen molar-refractivity contribution in [3.05, 3.63) is 59.2 Å². The highest BCUT2D eigenvalue weighted by molar-refractivity contribution is 7.99. The molecule has 1 N–H and O–H groups in total. The predicted molar refractivity (Wildman–Crippen MR) is 91.3 cm³/mol. The van der Waals surface area contributed by atoms with Crippen LogP contribution in [-0.4, -0.2) is 24.0 Å². The number of halogens is 1. The molecule has 0 unspecified atom stereocenters. The molecule has 0 radical (unpaired) electrons. The molecule has 2 nitrogen and oxygen atoms in total. The van der Waals surface area contributed by atoms with Gasteiger partial charge in [0.05, 0.1) is 0 Å². The molecule has 0 aliphatic heterocycles. The van der Waals surface area contributed by atoms with Crippen molar-refractivity contribution < 1.29 is 0 Å². The van der Waals surface area contributed by atoms with Crippen LogP contribution in [0.4, 0.5) is 0 Å². The van der Waals surface area contributed by atoms with Crippen LogP contribution in [0.1, 0.15) is 5.56 Å². The lowest BCUT2D eigenvalue weighted by Crippen LogP contribution is -2.11. The van der Waals surface area contributed by atoms with Gasteiger partial charge in [0.15, 0.2) is 0 Å². The summed E-state index contributed by atoms with van der Waals surface area (Å²) in [5, 5.41) is 1.97. The average Bonchev–Trinajstić information content (AvgIpc) is 2.83. The first-order chi connectivity index (χ1) is 10.1. The first-order valence-electron chi connectivity index (χ1n) is 6.80. The van der Waals surface area contributed by atoms with Crippen molar-refractivity contribution in [3.63, 3.8) is 0 Å². The molecule has 0 aliphatic carbocycles. The Hall–Kier alpha value is -1.42. The van der Waals surface area contributed by atoms with Crippen LogP contribution >= 0.6 is 23.4 Å². The fraction of sp³-hybridized carbons (Fsp3) is 0.176. The number of aromatic nitrogens is 1. The van der Waals surface area contributed by atoms with Crippen molar-refractivity contribution in [2.75, 3.05) is 14.1 Å². The van der Waals surface area contributed by atoms with Crippen LogP contribution < -0.4 is 0 Å². The van der Waals surface area contributed by atoms with Gasteiger partial charge in [-0.1, -0.05) is 47.6 Å². The second kappa shape index (κ2) is 6.14. The van der Waals surface area contributed by atoms with Crippen molar-refractivity contribution in [2.45, 2.75) is 16.3 Å². The Bertz CT molecular complexity index is 764. The molecule has 0 bridgehead atoms. The lowest BCUT2D eigenvalue weighted by atomic mass is 10.2. The van der Waals surface area contributed by atoms with Gasteiger partial charge >= 0.3 is 0 Å². The largest absolute Gasteiger partial charge is 0.360 e. The van der Waals surface area contributed by atoms with Gasteiger partial charge in [-0.15, -0.1) is 0 Å². The molecular weight excluding hydrogens is 300 g/mol. The quantitative estimate of drug-likeness (QED) is 0.727. The van der Waals surface area contributed by atoms with Gasteiger partial charge in [-0.2, -0.15) is 0 Å². The third-order valence-corrected chi connectivity index (χ3v) is 4.70. The fourth-order valence-corrected chi connectivity index (χ4v) is 3.57. The fourth-order valence-electron chi connectivity index (χ4n) is 2.35. The summed E-state index contributed by atoms with van der Waals surface area (Å²) in [5.41, 5.74) is 2.42. The SMILES string of the molecule is CN(C)Cc1ccccc1Sc1c[nH]c2cc(Cl)ccc12. The predicted octanol–water partition coefficient (Wildman–Crippen LogP) is 5.03. The van der Waals surface area contributed by atoms with Gasteiger partial charge < -0.3 is 9.88 Å². The smallest absolute Gasteiger partial charge is 0.0480 e. The molecule has 1 aromatic heterocycles. The van der Waals surface area contributed by atoms with Crippen LogP contribution in [0.5, 0.6) is 0 Å². The number of fused-ring (bicyclic) bond motifs is 1. The van der Waals surface area contributed by atoms with E-state index >= 15 is 0 Å². The summed E-state index contributed by atoms with van der Waals surface area (Å²) >= 11 is 7.84. The molecule has 108 valence electrons. The number of nitrogens with zero attached hydrogens (tertiary/aromatic N) is 1. The maximum absolute atomic E-state index is 6.04. The second-order valence-corrected chi connectivity index (χ2v) is 6.81. The Labute approximate surface area is 134 Å². The zero-order chi connectivity index (χ0) is 14.8. The molecule has 21 heavy (non-hydrogen) atoms. The Morgan fingerprint density at radius 1 is 1.10 bits per heavy atom. The standard InChI is InChI=1S/C17H17ClN2S/c1-20(2)11-12-5-3-4-6-16(12)21-17-10-19-15-9-13(18)7-8-14(15)17/h3-10,19H,11H2,1-2H3. The minimum Gasteiger partial charge on any atom is -0.360 e. The summed E-state index contributed by atoms with van der Waals surface area (Å²) in [6, 6.07) is 14.5. The van der Waals surface area contributed by atoms with E-state index in [2.05, 4.69) is 60.5 Å². The van der Waals surface area contributed by atoms with E-state index in [0.717, 1.165) is 17.1 Å². The van der Waals surface area contributed by atoms with Gasteiger partial charge in [0.1, 0.15) is 0 Å². The average molecular weight is 317 g/mol. The van der Waals surface area contributed by atoms with Gasteiger partial charge in [0, 0.05) is 38.5 Å². The van der Waals surface area contributed by atoms with E-state index in [1.54, 1.807) is 11.8 Å². The van der Waals surface area contributed by atoms with E-state index in [0.29, 0.717) is 0 Å². The molecule has 1 heterocycles. The second-order valence-electron chi connectivity index (χ2n) is 5.29. The third kappa shape index (κ3) is 3.26. The molecule has 0 fully saturated rings. The summed E-state index contributed by atoms with van der Waals surface area (Å²) in [4.78, 5) is 8.01. The number of hydrogen-bond acceptors (Lipinski definition) is 2. The van der Waals surface area contributed by atoms with Crippen molar-refractivity contribution in [2.24, 2.45) is 0 Å². The van der Waals surface area contributed by atoms with Crippen LogP contribution in [0.25, 0.3) is 10.9 Å². The van der Waals surface area contributed by atoms with E-state index in [9.17, 15) is 0 Å². The van der Waals surface area contributed by atoms with E-state index in [4.69, 9.17) is 11.6 Å². The molecule has 0 aliphatic rings. The molecule has 0 amide bonds. The highest BCUT2D eigenvalue weighted by Gasteiger charge is 2.09. The Balaban J connectivity index is 1.95.